The zero-order chi connectivity index (χ0) is 16.7. The molecule has 1 heterocycles. The van der Waals surface area contributed by atoms with Crippen LogP contribution in [0.4, 0.5) is 11.6 Å². The van der Waals surface area contributed by atoms with Gasteiger partial charge in [0.1, 0.15) is 0 Å². The molecule has 2 aromatic rings. The molecule has 0 aliphatic heterocycles. The molecule has 2 rings (SSSR count). The van der Waals surface area contributed by atoms with E-state index < -0.39 is 0 Å². The van der Waals surface area contributed by atoms with Crippen LogP contribution in [0.25, 0.3) is 0 Å². The Hall–Kier alpha value is -2.18. The van der Waals surface area contributed by atoms with Crippen LogP contribution in [0.2, 0.25) is 5.02 Å². The highest BCUT2D eigenvalue weighted by molar-refractivity contribution is 6.31. The number of hydrogen-bond donors (Lipinski definition) is 2. The van der Waals surface area contributed by atoms with Gasteiger partial charge in [0.15, 0.2) is 0 Å². The van der Waals surface area contributed by atoms with Gasteiger partial charge in [-0.1, -0.05) is 17.7 Å². The van der Waals surface area contributed by atoms with Gasteiger partial charge in [0.05, 0.1) is 5.56 Å². The average molecular weight is 335 g/mol. The van der Waals surface area contributed by atoms with Crippen molar-refractivity contribution in [3.63, 3.8) is 0 Å². The number of ether oxygens (including phenoxy) is 1. The number of methoxy groups -OCH3 is 1. The lowest BCUT2D eigenvalue weighted by atomic mass is 10.2. The summed E-state index contributed by atoms with van der Waals surface area (Å²) in [5.74, 6) is 0.201. The summed E-state index contributed by atoms with van der Waals surface area (Å²) in [4.78, 5) is 20.4. The molecule has 0 unspecified atom stereocenters. The van der Waals surface area contributed by atoms with Crippen LogP contribution in [0.5, 0.6) is 0 Å². The zero-order valence-corrected chi connectivity index (χ0v) is 13.9. The highest BCUT2D eigenvalue weighted by atomic mass is 35.5. The largest absolute Gasteiger partial charge is 0.385 e. The molecule has 1 aromatic carbocycles. The number of aryl methyl sites for hydroxylation is 1. The normalized spacial score (nSPS) is 10.4. The van der Waals surface area contributed by atoms with Gasteiger partial charge in [-0.3, -0.25) is 4.79 Å². The lowest BCUT2D eigenvalue weighted by molar-refractivity contribution is 0.102. The van der Waals surface area contributed by atoms with E-state index in [4.69, 9.17) is 16.3 Å². The first kappa shape index (κ1) is 17.2. The minimum Gasteiger partial charge on any atom is -0.385 e. The van der Waals surface area contributed by atoms with Crippen LogP contribution < -0.4 is 10.6 Å². The van der Waals surface area contributed by atoms with Gasteiger partial charge >= 0.3 is 0 Å². The molecule has 122 valence electrons. The standard InChI is InChI=1S/C16H19ClN4O2/c1-11-4-5-13(8-14(11)17)21-15(22)12-9-19-16(20-10-12)18-6-3-7-23-2/h4-5,8-10H,3,6-7H2,1-2H3,(H,21,22)(H,18,19,20). The van der Waals surface area contributed by atoms with Gasteiger partial charge in [-0.25, -0.2) is 9.97 Å². The van der Waals surface area contributed by atoms with Gasteiger partial charge in [-0.15, -0.1) is 0 Å². The maximum Gasteiger partial charge on any atom is 0.258 e. The SMILES string of the molecule is COCCCNc1ncc(C(=O)Nc2ccc(C)c(Cl)c2)cn1. The molecule has 2 N–H and O–H groups in total. The fourth-order valence-corrected chi connectivity index (χ4v) is 2.01. The molecule has 6 nitrogen and oxygen atoms in total. The monoisotopic (exact) mass is 334 g/mol. The lowest BCUT2D eigenvalue weighted by Gasteiger charge is -2.07. The Morgan fingerprint density at radius 3 is 2.70 bits per heavy atom. The molecule has 0 bridgehead atoms. The summed E-state index contributed by atoms with van der Waals surface area (Å²) in [5.41, 5.74) is 1.97. The third kappa shape index (κ3) is 5.19. The molecule has 0 aliphatic rings. The van der Waals surface area contributed by atoms with Crippen molar-refractivity contribution in [2.75, 3.05) is 30.9 Å². The van der Waals surface area contributed by atoms with Gasteiger partial charge < -0.3 is 15.4 Å². The predicted octanol–water partition coefficient (Wildman–Crippen LogP) is 3.14. The molecule has 1 amide bonds. The summed E-state index contributed by atoms with van der Waals surface area (Å²) in [7, 11) is 1.66. The fourth-order valence-electron chi connectivity index (χ4n) is 1.83. The Bertz CT molecular complexity index is 662. The topological polar surface area (TPSA) is 76.1 Å². The van der Waals surface area contributed by atoms with Crippen LogP contribution in [-0.4, -0.2) is 36.1 Å². The van der Waals surface area contributed by atoms with Crippen LogP contribution in [0, 0.1) is 6.92 Å². The predicted molar refractivity (Wildman–Crippen MR) is 91.2 cm³/mol. The lowest BCUT2D eigenvalue weighted by Crippen LogP contribution is -2.14. The summed E-state index contributed by atoms with van der Waals surface area (Å²) < 4.78 is 4.96. The van der Waals surface area contributed by atoms with Gasteiger partial charge in [0.2, 0.25) is 5.95 Å². The molecule has 7 heteroatoms. The van der Waals surface area contributed by atoms with E-state index in [2.05, 4.69) is 20.6 Å². The first-order valence-corrected chi connectivity index (χ1v) is 7.60. The number of rotatable bonds is 7. The smallest absolute Gasteiger partial charge is 0.258 e. The summed E-state index contributed by atoms with van der Waals surface area (Å²) in [6.07, 6.45) is 3.82. The van der Waals surface area contributed by atoms with Crippen molar-refractivity contribution >= 4 is 29.1 Å². The molecule has 1 aromatic heterocycles. The number of anilines is 2. The summed E-state index contributed by atoms with van der Waals surface area (Å²) in [6.45, 7) is 3.29. The number of carbonyl (C=O) groups excluding carboxylic acids is 1. The van der Waals surface area contributed by atoms with Crippen molar-refractivity contribution in [2.24, 2.45) is 0 Å². The quantitative estimate of drug-likeness (QED) is 0.761. The molecule has 0 aliphatic carbocycles. The molecule has 0 atom stereocenters. The van der Waals surface area contributed by atoms with E-state index in [-0.39, 0.29) is 5.91 Å². The number of hydrogen-bond acceptors (Lipinski definition) is 5. The molecular formula is C16H19ClN4O2. The Morgan fingerprint density at radius 2 is 2.04 bits per heavy atom. The van der Waals surface area contributed by atoms with E-state index in [9.17, 15) is 4.79 Å². The van der Waals surface area contributed by atoms with Crippen molar-refractivity contribution < 1.29 is 9.53 Å². The summed E-state index contributed by atoms with van der Waals surface area (Å²) >= 11 is 6.04. The van der Waals surface area contributed by atoms with E-state index >= 15 is 0 Å². The Morgan fingerprint density at radius 1 is 1.30 bits per heavy atom. The molecule has 0 radical (unpaired) electrons. The van der Waals surface area contributed by atoms with Crippen LogP contribution in [0.1, 0.15) is 22.3 Å². The van der Waals surface area contributed by atoms with Gasteiger partial charge in [-0.05, 0) is 31.0 Å². The first-order valence-electron chi connectivity index (χ1n) is 7.22. The van der Waals surface area contributed by atoms with Crippen LogP contribution in [-0.2, 0) is 4.74 Å². The first-order chi connectivity index (χ1) is 11.1. The number of carbonyl (C=O) groups is 1. The molecule has 0 saturated carbocycles. The molecular weight excluding hydrogens is 316 g/mol. The van der Waals surface area contributed by atoms with Crippen molar-refractivity contribution in [1.82, 2.24) is 9.97 Å². The second kappa shape index (κ2) is 8.45. The van der Waals surface area contributed by atoms with Crippen molar-refractivity contribution in [3.05, 3.63) is 46.7 Å². The number of benzene rings is 1. The third-order valence-electron chi connectivity index (χ3n) is 3.15. The number of halogens is 1. The maximum absolute atomic E-state index is 12.1. The van der Waals surface area contributed by atoms with E-state index in [0.29, 0.717) is 35.4 Å². The zero-order valence-electron chi connectivity index (χ0n) is 13.1. The third-order valence-corrected chi connectivity index (χ3v) is 3.56. The van der Waals surface area contributed by atoms with Crippen molar-refractivity contribution in [3.8, 4) is 0 Å². The van der Waals surface area contributed by atoms with E-state index in [1.807, 2.05) is 13.0 Å². The van der Waals surface area contributed by atoms with Gasteiger partial charge in [0, 0.05) is 43.4 Å². The van der Waals surface area contributed by atoms with Gasteiger partial charge in [0.25, 0.3) is 5.91 Å². The second-order valence-electron chi connectivity index (χ2n) is 4.99. The average Bonchev–Trinajstić information content (AvgIpc) is 2.55. The van der Waals surface area contributed by atoms with Crippen LogP contribution >= 0.6 is 11.6 Å². The Kier molecular flexibility index (Phi) is 6.31. The molecule has 23 heavy (non-hydrogen) atoms. The van der Waals surface area contributed by atoms with Crippen LogP contribution in [0.3, 0.4) is 0 Å². The Balaban J connectivity index is 1.93. The maximum atomic E-state index is 12.1. The minimum absolute atomic E-state index is 0.282. The van der Waals surface area contributed by atoms with E-state index in [1.165, 1.54) is 12.4 Å². The molecule has 0 spiro atoms. The van der Waals surface area contributed by atoms with Crippen molar-refractivity contribution in [2.45, 2.75) is 13.3 Å². The second-order valence-corrected chi connectivity index (χ2v) is 5.39. The highest BCUT2D eigenvalue weighted by Crippen LogP contribution is 2.20. The number of nitrogens with one attached hydrogen (secondary N) is 2. The molecule has 0 fully saturated rings. The molecule has 0 saturated heterocycles. The summed E-state index contributed by atoms with van der Waals surface area (Å²) in [6, 6.07) is 5.36. The van der Waals surface area contributed by atoms with Crippen molar-refractivity contribution in [1.29, 1.82) is 0 Å². The minimum atomic E-state index is -0.282. The fraction of sp³-hybridized carbons (Fsp3) is 0.312. The number of nitrogens with zero attached hydrogens (tertiary/aromatic N) is 2. The van der Waals surface area contributed by atoms with E-state index in [0.717, 1.165) is 12.0 Å². The number of aromatic nitrogens is 2. The van der Waals surface area contributed by atoms with Crippen LogP contribution in [0.15, 0.2) is 30.6 Å². The Labute approximate surface area is 140 Å². The highest BCUT2D eigenvalue weighted by Gasteiger charge is 2.08. The number of amides is 1. The van der Waals surface area contributed by atoms with Gasteiger partial charge in [-0.2, -0.15) is 0 Å². The van der Waals surface area contributed by atoms with E-state index in [1.54, 1.807) is 19.2 Å². The summed E-state index contributed by atoms with van der Waals surface area (Å²) in [5, 5.41) is 6.43.